The first-order valence-corrected chi connectivity index (χ1v) is 8.36. The summed E-state index contributed by atoms with van der Waals surface area (Å²) >= 11 is 5.17. The van der Waals surface area contributed by atoms with Gasteiger partial charge in [-0.05, 0) is 44.1 Å². The van der Waals surface area contributed by atoms with Gasteiger partial charge >= 0.3 is 0 Å². The fraction of sp³-hybridized carbons (Fsp3) is 0.353. The summed E-state index contributed by atoms with van der Waals surface area (Å²) in [4.78, 5) is 16.9. The van der Waals surface area contributed by atoms with Crippen molar-refractivity contribution in [1.82, 2.24) is 21.2 Å². The number of pyridine rings is 1. The molecule has 1 aliphatic heterocycles. The van der Waals surface area contributed by atoms with Gasteiger partial charge < -0.3 is 10.1 Å². The van der Waals surface area contributed by atoms with Crippen LogP contribution in [-0.2, 0) is 4.74 Å². The van der Waals surface area contributed by atoms with Crippen molar-refractivity contribution in [2.75, 3.05) is 13.2 Å². The van der Waals surface area contributed by atoms with E-state index >= 15 is 0 Å². The average Bonchev–Trinajstić information content (AvgIpc) is 3.10. The summed E-state index contributed by atoms with van der Waals surface area (Å²) < 4.78 is 5.52. The van der Waals surface area contributed by atoms with Crippen molar-refractivity contribution in [3.63, 3.8) is 0 Å². The van der Waals surface area contributed by atoms with E-state index in [0.717, 1.165) is 36.0 Å². The molecule has 1 aromatic heterocycles. The van der Waals surface area contributed by atoms with Gasteiger partial charge in [-0.2, -0.15) is 0 Å². The van der Waals surface area contributed by atoms with Crippen molar-refractivity contribution < 1.29 is 9.53 Å². The van der Waals surface area contributed by atoms with Gasteiger partial charge in [0, 0.05) is 24.2 Å². The molecule has 1 fully saturated rings. The summed E-state index contributed by atoms with van der Waals surface area (Å²) in [6.07, 6.45) is 2.30. The Morgan fingerprint density at radius 3 is 3.00 bits per heavy atom. The number of aryl methyl sites for hydroxylation is 1. The molecule has 0 aliphatic carbocycles. The number of hydrogen-bond donors (Lipinski definition) is 3. The zero-order valence-electron chi connectivity index (χ0n) is 13.5. The fourth-order valence-corrected chi connectivity index (χ4v) is 2.87. The Morgan fingerprint density at radius 1 is 1.38 bits per heavy atom. The molecule has 1 unspecified atom stereocenters. The number of ether oxygens (including phenoxy) is 1. The Balaban J connectivity index is 1.59. The van der Waals surface area contributed by atoms with Gasteiger partial charge in [0.15, 0.2) is 5.11 Å². The van der Waals surface area contributed by atoms with Crippen LogP contribution in [0.2, 0.25) is 0 Å². The van der Waals surface area contributed by atoms with E-state index in [2.05, 4.69) is 21.2 Å². The van der Waals surface area contributed by atoms with Crippen LogP contribution < -0.4 is 16.2 Å². The lowest BCUT2D eigenvalue weighted by Crippen LogP contribution is -2.48. The van der Waals surface area contributed by atoms with E-state index in [1.807, 2.05) is 31.2 Å². The summed E-state index contributed by atoms with van der Waals surface area (Å²) in [5.41, 5.74) is 7.51. The Hall–Kier alpha value is -2.25. The molecule has 1 saturated heterocycles. The predicted molar refractivity (Wildman–Crippen MR) is 96.7 cm³/mol. The number of benzene rings is 1. The fourth-order valence-electron chi connectivity index (χ4n) is 2.73. The van der Waals surface area contributed by atoms with E-state index in [4.69, 9.17) is 17.0 Å². The van der Waals surface area contributed by atoms with Crippen LogP contribution in [0.15, 0.2) is 30.3 Å². The maximum absolute atomic E-state index is 12.5. The van der Waals surface area contributed by atoms with Crippen LogP contribution >= 0.6 is 12.2 Å². The van der Waals surface area contributed by atoms with E-state index in [1.165, 1.54) is 0 Å². The lowest BCUT2D eigenvalue weighted by molar-refractivity contribution is 0.0944. The van der Waals surface area contributed by atoms with Gasteiger partial charge in [0.1, 0.15) is 0 Å². The second kappa shape index (κ2) is 7.55. The number of para-hydroxylation sites is 1. The molecule has 0 bridgehead atoms. The topological polar surface area (TPSA) is 75.3 Å². The van der Waals surface area contributed by atoms with Gasteiger partial charge in [0.2, 0.25) is 0 Å². The third-order valence-corrected chi connectivity index (χ3v) is 4.14. The van der Waals surface area contributed by atoms with Crippen LogP contribution in [0, 0.1) is 6.92 Å². The van der Waals surface area contributed by atoms with Crippen LogP contribution in [-0.4, -0.2) is 35.3 Å². The summed E-state index contributed by atoms with van der Waals surface area (Å²) in [6, 6.07) is 9.32. The minimum Gasteiger partial charge on any atom is -0.376 e. The summed E-state index contributed by atoms with van der Waals surface area (Å²) in [7, 11) is 0. The number of fused-ring (bicyclic) bond motifs is 1. The van der Waals surface area contributed by atoms with E-state index < -0.39 is 0 Å². The van der Waals surface area contributed by atoms with E-state index in [9.17, 15) is 4.79 Å². The molecule has 1 aliphatic rings. The molecule has 0 spiro atoms. The molecule has 0 saturated carbocycles. The van der Waals surface area contributed by atoms with Crippen LogP contribution in [0.1, 0.15) is 28.9 Å². The molecule has 7 heteroatoms. The molecule has 6 nitrogen and oxygen atoms in total. The largest absolute Gasteiger partial charge is 0.376 e. The van der Waals surface area contributed by atoms with Crippen LogP contribution in [0.4, 0.5) is 0 Å². The number of carbonyl (C=O) groups excluding carboxylic acids is 1. The van der Waals surface area contributed by atoms with Crippen molar-refractivity contribution in [3.05, 3.63) is 41.6 Å². The molecule has 1 aromatic carbocycles. The van der Waals surface area contributed by atoms with Crippen molar-refractivity contribution >= 4 is 34.1 Å². The van der Waals surface area contributed by atoms with Gasteiger partial charge in [-0.25, -0.2) is 0 Å². The maximum atomic E-state index is 12.5. The highest BCUT2D eigenvalue weighted by atomic mass is 32.1. The van der Waals surface area contributed by atoms with Crippen LogP contribution in [0.25, 0.3) is 10.9 Å². The first kappa shape index (κ1) is 16.6. The molecule has 126 valence electrons. The third-order valence-electron chi connectivity index (χ3n) is 3.89. The first-order valence-electron chi connectivity index (χ1n) is 7.95. The molecule has 1 amide bonds. The molecule has 3 rings (SSSR count). The summed E-state index contributed by atoms with van der Waals surface area (Å²) in [6.45, 7) is 3.31. The number of amides is 1. The average molecular weight is 344 g/mol. The first-order chi connectivity index (χ1) is 11.6. The van der Waals surface area contributed by atoms with Gasteiger partial charge in [-0.3, -0.25) is 20.6 Å². The molecule has 2 heterocycles. The quantitative estimate of drug-likeness (QED) is 0.583. The van der Waals surface area contributed by atoms with Gasteiger partial charge in [0.05, 0.1) is 17.2 Å². The predicted octanol–water partition coefficient (Wildman–Crippen LogP) is 1.83. The van der Waals surface area contributed by atoms with Crippen molar-refractivity contribution in [1.29, 1.82) is 0 Å². The van der Waals surface area contributed by atoms with Gasteiger partial charge in [-0.15, -0.1) is 0 Å². The van der Waals surface area contributed by atoms with Crippen molar-refractivity contribution in [2.45, 2.75) is 25.9 Å². The molecule has 0 radical (unpaired) electrons. The molecule has 1 atom stereocenters. The minimum absolute atomic E-state index is 0.187. The maximum Gasteiger partial charge on any atom is 0.270 e. The smallest absolute Gasteiger partial charge is 0.270 e. The standard InChI is InChI=1S/C17H20N4O2S/c1-11-9-14(13-6-2-3-7-15(13)19-11)16(22)20-21-17(24)18-10-12-5-4-8-23-12/h2-3,6-7,9,12H,4-5,8,10H2,1H3,(H,20,22)(H2,18,21,24). The highest BCUT2D eigenvalue weighted by Crippen LogP contribution is 2.17. The third kappa shape index (κ3) is 3.98. The second-order valence-electron chi connectivity index (χ2n) is 5.75. The molecule has 24 heavy (non-hydrogen) atoms. The lowest BCUT2D eigenvalue weighted by Gasteiger charge is -2.15. The Kier molecular flexibility index (Phi) is 5.22. The van der Waals surface area contributed by atoms with Crippen LogP contribution in [0.3, 0.4) is 0 Å². The Morgan fingerprint density at radius 2 is 2.21 bits per heavy atom. The number of thiocarbonyl (C=S) groups is 1. The summed E-state index contributed by atoms with van der Waals surface area (Å²) in [5.74, 6) is -0.252. The Bertz CT molecular complexity index is 759. The van der Waals surface area contributed by atoms with E-state index in [0.29, 0.717) is 17.2 Å². The number of nitrogens with zero attached hydrogens (tertiary/aromatic N) is 1. The molecular weight excluding hydrogens is 324 g/mol. The number of rotatable bonds is 3. The Labute approximate surface area is 145 Å². The van der Waals surface area contributed by atoms with Gasteiger partial charge in [0.25, 0.3) is 5.91 Å². The van der Waals surface area contributed by atoms with Crippen molar-refractivity contribution in [3.8, 4) is 0 Å². The highest BCUT2D eigenvalue weighted by molar-refractivity contribution is 7.80. The number of aromatic nitrogens is 1. The zero-order valence-corrected chi connectivity index (χ0v) is 14.3. The van der Waals surface area contributed by atoms with E-state index in [-0.39, 0.29) is 12.0 Å². The van der Waals surface area contributed by atoms with E-state index in [1.54, 1.807) is 6.07 Å². The van der Waals surface area contributed by atoms with Gasteiger partial charge in [-0.1, -0.05) is 18.2 Å². The number of hydrazine groups is 1. The molecule has 3 N–H and O–H groups in total. The highest BCUT2D eigenvalue weighted by Gasteiger charge is 2.16. The lowest BCUT2D eigenvalue weighted by atomic mass is 10.1. The SMILES string of the molecule is Cc1cc(C(=O)NNC(=S)NCC2CCCO2)c2ccccc2n1. The zero-order chi connectivity index (χ0) is 16.9. The normalized spacial score (nSPS) is 16.8. The number of carbonyl (C=O) groups is 1. The monoisotopic (exact) mass is 344 g/mol. The van der Waals surface area contributed by atoms with Crippen LogP contribution in [0.5, 0.6) is 0 Å². The summed E-state index contributed by atoms with van der Waals surface area (Å²) in [5, 5.41) is 4.22. The number of hydrogen-bond acceptors (Lipinski definition) is 4. The molecule has 2 aromatic rings. The minimum atomic E-state index is -0.252. The second-order valence-corrected chi connectivity index (χ2v) is 6.16. The molecular formula is C17H20N4O2S. The number of nitrogens with one attached hydrogen (secondary N) is 3. The van der Waals surface area contributed by atoms with Crippen molar-refractivity contribution in [2.24, 2.45) is 0 Å².